The molecule has 0 aliphatic carbocycles. The lowest BCUT2D eigenvalue weighted by Gasteiger charge is -2.33. The molecule has 1 aliphatic heterocycles. The van der Waals surface area contributed by atoms with Crippen molar-refractivity contribution < 1.29 is 14.3 Å². The predicted molar refractivity (Wildman–Crippen MR) is 122 cm³/mol. The lowest BCUT2D eigenvalue weighted by Crippen LogP contribution is -2.41. The van der Waals surface area contributed by atoms with E-state index in [1.165, 1.54) is 6.92 Å². The van der Waals surface area contributed by atoms with E-state index < -0.39 is 0 Å². The second-order valence-corrected chi connectivity index (χ2v) is 7.83. The molecular formula is C25H26N4O3. The van der Waals surface area contributed by atoms with E-state index in [4.69, 9.17) is 4.74 Å². The number of hydrogen-bond donors (Lipinski definition) is 1. The molecule has 32 heavy (non-hydrogen) atoms. The minimum absolute atomic E-state index is 0.0167. The summed E-state index contributed by atoms with van der Waals surface area (Å²) in [6.07, 6.45) is 5.18. The van der Waals surface area contributed by atoms with Gasteiger partial charge in [0.1, 0.15) is 5.75 Å². The quantitative estimate of drug-likeness (QED) is 0.641. The standard InChI is InChI=1S/C25H26N4O3/c1-18(30)28-21-9-5-7-19(15-21)24-25(27-13-12-26-24)20-8-6-14-29(16-20)23(31)17-32-22-10-3-2-4-11-22/h2-5,7,9-13,15,20H,6,8,14,16-17H2,1H3,(H,28,30). The molecule has 2 heterocycles. The summed E-state index contributed by atoms with van der Waals surface area (Å²) in [6.45, 7) is 2.79. The van der Waals surface area contributed by atoms with Crippen molar-refractivity contribution in [3.05, 3.63) is 72.7 Å². The topological polar surface area (TPSA) is 84.4 Å². The Bertz CT molecular complexity index is 1090. The number of rotatable bonds is 6. The van der Waals surface area contributed by atoms with E-state index in [1.807, 2.05) is 59.5 Å². The fourth-order valence-corrected chi connectivity index (χ4v) is 4.00. The maximum atomic E-state index is 12.8. The van der Waals surface area contributed by atoms with Gasteiger partial charge in [-0.05, 0) is 37.1 Å². The number of benzene rings is 2. The van der Waals surface area contributed by atoms with Gasteiger partial charge in [0.15, 0.2) is 6.61 Å². The van der Waals surface area contributed by atoms with Crippen LogP contribution < -0.4 is 10.1 Å². The molecule has 4 rings (SSSR count). The van der Waals surface area contributed by atoms with E-state index in [-0.39, 0.29) is 24.3 Å². The second kappa shape index (κ2) is 10.0. The number of carbonyl (C=O) groups is 2. The lowest BCUT2D eigenvalue weighted by molar-refractivity contribution is -0.134. The Balaban J connectivity index is 1.49. The average Bonchev–Trinajstić information content (AvgIpc) is 2.83. The molecule has 7 heteroatoms. The second-order valence-electron chi connectivity index (χ2n) is 7.83. The molecule has 1 atom stereocenters. The monoisotopic (exact) mass is 430 g/mol. The van der Waals surface area contributed by atoms with Crippen molar-refractivity contribution in [3.63, 3.8) is 0 Å². The summed E-state index contributed by atoms with van der Waals surface area (Å²) in [6, 6.07) is 16.9. The van der Waals surface area contributed by atoms with Gasteiger partial charge in [-0.15, -0.1) is 0 Å². The van der Waals surface area contributed by atoms with Crippen molar-refractivity contribution >= 4 is 17.5 Å². The van der Waals surface area contributed by atoms with Crippen molar-refractivity contribution in [1.29, 1.82) is 0 Å². The molecule has 2 amide bonds. The molecule has 1 saturated heterocycles. The maximum absolute atomic E-state index is 12.8. The van der Waals surface area contributed by atoms with Crippen molar-refractivity contribution in [3.8, 4) is 17.0 Å². The highest BCUT2D eigenvalue weighted by molar-refractivity contribution is 5.89. The molecule has 1 unspecified atom stereocenters. The smallest absolute Gasteiger partial charge is 0.260 e. The van der Waals surface area contributed by atoms with Gasteiger partial charge in [-0.2, -0.15) is 0 Å². The first kappa shape index (κ1) is 21.5. The highest BCUT2D eigenvalue weighted by atomic mass is 16.5. The molecule has 1 fully saturated rings. The Kier molecular flexibility index (Phi) is 6.75. The van der Waals surface area contributed by atoms with E-state index in [1.54, 1.807) is 12.4 Å². The molecule has 1 N–H and O–H groups in total. The first-order valence-electron chi connectivity index (χ1n) is 10.7. The van der Waals surface area contributed by atoms with Crippen LogP contribution in [0.1, 0.15) is 31.4 Å². The zero-order valence-corrected chi connectivity index (χ0v) is 18.0. The zero-order chi connectivity index (χ0) is 22.3. The maximum Gasteiger partial charge on any atom is 0.260 e. The summed E-state index contributed by atoms with van der Waals surface area (Å²) in [7, 11) is 0. The summed E-state index contributed by atoms with van der Waals surface area (Å²) >= 11 is 0. The zero-order valence-electron chi connectivity index (χ0n) is 18.0. The van der Waals surface area contributed by atoms with Crippen molar-refractivity contribution in [2.75, 3.05) is 25.0 Å². The fourth-order valence-electron chi connectivity index (χ4n) is 4.00. The van der Waals surface area contributed by atoms with Crippen LogP contribution in [0.25, 0.3) is 11.3 Å². The van der Waals surface area contributed by atoms with Crippen LogP contribution in [0.5, 0.6) is 5.75 Å². The molecule has 0 saturated carbocycles. The van der Waals surface area contributed by atoms with Crippen LogP contribution in [-0.4, -0.2) is 46.4 Å². The SMILES string of the molecule is CC(=O)Nc1cccc(-c2nccnc2C2CCCN(C(=O)COc3ccccc3)C2)c1. The van der Waals surface area contributed by atoms with E-state index in [9.17, 15) is 9.59 Å². The van der Waals surface area contributed by atoms with Gasteiger partial charge in [0, 0.05) is 49.6 Å². The Morgan fingerprint density at radius 1 is 1.09 bits per heavy atom. The van der Waals surface area contributed by atoms with Gasteiger partial charge in [0.05, 0.1) is 11.4 Å². The third-order valence-electron chi connectivity index (χ3n) is 5.45. The first-order chi connectivity index (χ1) is 15.6. The Labute approximate surface area is 187 Å². The summed E-state index contributed by atoms with van der Waals surface area (Å²) in [5, 5.41) is 2.81. The number of anilines is 1. The summed E-state index contributed by atoms with van der Waals surface area (Å²) < 4.78 is 5.65. The van der Waals surface area contributed by atoms with Crippen LogP contribution >= 0.6 is 0 Å². The molecule has 3 aromatic rings. The van der Waals surface area contributed by atoms with Crippen molar-refractivity contribution in [2.24, 2.45) is 0 Å². The van der Waals surface area contributed by atoms with Crippen LogP contribution in [0.3, 0.4) is 0 Å². The van der Waals surface area contributed by atoms with Crippen molar-refractivity contribution in [1.82, 2.24) is 14.9 Å². The molecule has 2 aromatic carbocycles. The summed E-state index contributed by atoms with van der Waals surface area (Å²) in [4.78, 5) is 35.3. The molecular weight excluding hydrogens is 404 g/mol. The third kappa shape index (κ3) is 5.29. The number of piperidine rings is 1. The minimum Gasteiger partial charge on any atom is -0.484 e. The number of carbonyl (C=O) groups excluding carboxylic acids is 2. The first-order valence-corrected chi connectivity index (χ1v) is 10.7. The average molecular weight is 431 g/mol. The third-order valence-corrected chi connectivity index (χ3v) is 5.45. The molecule has 1 aromatic heterocycles. The number of aromatic nitrogens is 2. The van der Waals surface area contributed by atoms with Gasteiger partial charge in [-0.3, -0.25) is 19.6 Å². The van der Waals surface area contributed by atoms with Gasteiger partial charge in [0.25, 0.3) is 5.91 Å². The number of nitrogens with one attached hydrogen (secondary N) is 1. The minimum atomic E-state index is -0.124. The lowest BCUT2D eigenvalue weighted by atomic mass is 9.91. The van der Waals surface area contributed by atoms with E-state index >= 15 is 0 Å². The van der Waals surface area contributed by atoms with Crippen LogP contribution in [0.4, 0.5) is 5.69 Å². The number of nitrogens with zero attached hydrogens (tertiary/aromatic N) is 3. The number of ether oxygens (including phenoxy) is 1. The highest BCUT2D eigenvalue weighted by Gasteiger charge is 2.28. The van der Waals surface area contributed by atoms with Gasteiger partial charge < -0.3 is 15.0 Å². The molecule has 0 radical (unpaired) electrons. The van der Waals surface area contributed by atoms with Crippen LogP contribution in [0.15, 0.2) is 67.0 Å². The van der Waals surface area contributed by atoms with Gasteiger partial charge in [-0.25, -0.2) is 0 Å². The van der Waals surface area contributed by atoms with Crippen molar-refractivity contribution in [2.45, 2.75) is 25.7 Å². The van der Waals surface area contributed by atoms with Gasteiger partial charge in [0.2, 0.25) is 5.91 Å². The highest BCUT2D eigenvalue weighted by Crippen LogP contribution is 2.32. The number of hydrogen-bond acceptors (Lipinski definition) is 5. The van der Waals surface area contributed by atoms with E-state index in [0.717, 1.165) is 29.8 Å². The molecule has 0 spiro atoms. The largest absolute Gasteiger partial charge is 0.484 e. The Morgan fingerprint density at radius 2 is 1.91 bits per heavy atom. The normalized spacial score (nSPS) is 15.8. The summed E-state index contributed by atoms with van der Waals surface area (Å²) in [5.41, 5.74) is 3.24. The molecule has 1 aliphatic rings. The van der Waals surface area contributed by atoms with Gasteiger partial charge in [-0.1, -0.05) is 30.3 Å². The molecule has 7 nitrogen and oxygen atoms in total. The van der Waals surface area contributed by atoms with Gasteiger partial charge >= 0.3 is 0 Å². The number of likely N-dealkylation sites (tertiary alicyclic amines) is 1. The molecule has 0 bridgehead atoms. The Morgan fingerprint density at radius 3 is 2.72 bits per heavy atom. The summed E-state index contributed by atoms with van der Waals surface area (Å²) in [5.74, 6) is 0.611. The Hall–Kier alpha value is -3.74. The predicted octanol–water partition coefficient (Wildman–Crippen LogP) is 3.89. The van der Waals surface area contributed by atoms with Crippen LogP contribution in [0.2, 0.25) is 0 Å². The van der Waals surface area contributed by atoms with Crippen LogP contribution in [0, 0.1) is 0 Å². The fraction of sp³-hybridized carbons (Fsp3) is 0.280. The number of para-hydroxylation sites is 1. The van der Waals surface area contributed by atoms with Crippen LogP contribution in [-0.2, 0) is 9.59 Å². The number of amides is 2. The van der Waals surface area contributed by atoms with E-state index in [0.29, 0.717) is 24.5 Å². The molecule has 164 valence electrons. The van der Waals surface area contributed by atoms with E-state index in [2.05, 4.69) is 15.3 Å².